The van der Waals surface area contributed by atoms with Crippen LogP contribution in [0.25, 0.3) is 0 Å². The highest BCUT2D eigenvalue weighted by Gasteiger charge is 1.97. The highest BCUT2D eigenvalue weighted by Crippen LogP contribution is 2.14. The van der Waals surface area contributed by atoms with Crippen LogP contribution in [0, 0.1) is 5.92 Å². The van der Waals surface area contributed by atoms with E-state index in [1.807, 2.05) is 6.08 Å². The summed E-state index contributed by atoms with van der Waals surface area (Å²) in [7, 11) is 0. The van der Waals surface area contributed by atoms with Gasteiger partial charge in [-0.1, -0.05) is 89.5 Å². The molecule has 2 heteroatoms. The second kappa shape index (κ2) is 15.3. The normalized spacial score (nSPS) is 13.2. The van der Waals surface area contributed by atoms with Crippen LogP contribution >= 0.6 is 0 Å². The molecule has 1 atom stereocenters. The number of carboxylic acid groups (broad SMARTS) is 1. The maximum atomic E-state index is 10.3. The topological polar surface area (TPSA) is 37.3 Å². The number of carboxylic acids is 1. The summed E-state index contributed by atoms with van der Waals surface area (Å²) in [6.07, 6.45) is 21.3. The van der Waals surface area contributed by atoms with Crippen LogP contribution in [-0.2, 0) is 4.79 Å². The predicted octanol–water partition coefficient (Wildman–Crippen LogP) is 6.13. The number of unbranched alkanes of at least 4 members (excludes halogenated alkanes) is 7. The lowest BCUT2D eigenvalue weighted by Crippen LogP contribution is -1.90. The first kappa shape index (κ1) is 19.9. The second-order valence-electron chi connectivity index (χ2n) is 5.97. The van der Waals surface area contributed by atoms with Crippen LogP contribution in [0.1, 0.15) is 84.5 Å². The van der Waals surface area contributed by atoms with Gasteiger partial charge in [0.1, 0.15) is 0 Å². The number of rotatable bonds is 14. The Bertz CT molecular complexity index is 292. The van der Waals surface area contributed by atoms with Gasteiger partial charge in [-0.25, -0.2) is 0 Å². The first-order valence-corrected chi connectivity index (χ1v) is 8.70. The van der Waals surface area contributed by atoms with Crippen molar-refractivity contribution in [3.8, 4) is 0 Å². The van der Waals surface area contributed by atoms with Gasteiger partial charge in [-0.2, -0.15) is 0 Å². The largest absolute Gasteiger partial charge is 0.481 e. The maximum absolute atomic E-state index is 10.3. The Labute approximate surface area is 131 Å². The van der Waals surface area contributed by atoms with E-state index in [4.69, 9.17) is 5.11 Å². The lowest BCUT2D eigenvalue weighted by atomic mass is 10.0. The van der Waals surface area contributed by atoms with Crippen LogP contribution in [0.2, 0.25) is 0 Å². The summed E-state index contributed by atoms with van der Waals surface area (Å²) in [5.41, 5.74) is 0. The Morgan fingerprint density at radius 1 is 0.952 bits per heavy atom. The molecule has 0 aromatic heterocycles. The van der Waals surface area contributed by atoms with E-state index in [1.54, 1.807) is 6.08 Å². The molecule has 2 nitrogen and oxygen atoms in total. The van der Waals surface area contributed by atoms with Crippen molar-refractivity contribution in [3.63, 3.8) is 0 Å². The third-order valence-electron chi connectivity index (χ3n) is 3.71. The molecule has 0 aromatic rings. The van der Waals surface area contributed by atoms with E-state index < -0.39 is 5.97 Å². The molecule has 0 fully saturated rings. The fourth-order valence-corrected chi connectivity index (χ4v) is 2.37. The highest BCUT2D eigenvalue weighted by atomic mass is 16.4. The van der Waals surface area contributed by atoms with E-state index in [9.17, 15) is 4.79 Å². The summed E-state index contributed by atoms with van der Waals surface area (Å²) in [5.74, 6) is -0.128. The van der Waals surface area contributed by atoms with Gasteiger partial charge >= 0.3 is 5.97 Å². The fourth-order valence-electron chi connectivity index (χ4n) is 2.37. The first-order chi connectivity index (χ1) is 10.2. The molecule has 1 unspecified atom stereocenters. The summed E-state index contributed by atoms with van der Waals surface area (Å²) in [4.78, 5) is 10.3. The average molecular weight is 294 g/mol. The Balaban J connectivity index is 3.39. The summed E-state index contributed by atoms with van der Waals surface area (Å²) in [5, 5.41) is 8.49. The first-order valence-electron chi connectivity index (χ1n) is 8.70. The molecule has 0 bridgehead atoms. The van der Waals surface area contributed by atoms with E-state index in [2.05, 4.69) is 26.0 Å². The molecule has 1 N–H and O–H groups in total. The number of carbonyl (C=O) groups is 1. The lowest BCUT2D eigenvalue weighted by Gasteiger charge is -2.06. The van der Waals surface area contributed by atoms with Crippen molar-refractivity contribution in [1.29, 1.82) is 0 Å². The predicted molar refractivity (Wildman–Crippen MR) is 91.5 cm³/mol. The second-order valence-corrected chi connectivity index (χ2v) is 5.97. The van der Waals surface area contributed by atoms with Crippen LogP contribution in [-0.4, -0.2) is 11.1 Å². The van der Waals surface area contributed by atoms with Gasteiger partial charge in [0.25, 0.3) is 0 Å². The van der Waals surface area contributed by atoms with Crippen LogP contribution < -0.4 is 0 Å². The molecule has 0 heterocycles. The minimum absolute atomic E-state index is 0.127. The molecule has 0 rings (SSSR count). The van der Waals surface area contributed by atoms with Gasteiger partial charge in [-0.05, 0) is 18.8 Å². The van der Waals surface area contributed by atoms with Crippen molar-refractivity contribution >= 4 is 5.97 Å². The molecule has 21 heavy (non-hydrogen) atoms. The van der Waals surface area contributed by atoms with E-state index >= 15 is 0 Å². The van der Waals surface area contributed by atoms with Gasteiger partial charge in [-0.3, -0.25) is 4.79 Å². The molecule has 0 spiro atoms. The Morgan fingerprint density at radius 3 is 2.19 bits per heavy atom. The van der Waals surface area contributed by atoms with E-state index in [-0.39, 0.29) is 6.42 Å². The minimum Gasteiger partial charge on any atom is -0.481 e. The highest BCUT2D eigenvalue weighted by molar-refractivity contribution is 5.68. The van der Waals surface area contributed by atoms with E-state index in [1.165, 1.54) is 57.8 Å². The number of hydrogen-bond acceptors (Lipinski definition) is 1. The molecule has 0 aliphatic rings. The quantitative estimate of drug-likeness (QED) is 0.309. The van der Waals surface area contributed by atoms with Crippen molar-refractivity contribution in [2.24, 2.45) is 5.92 Å². The third-order valence-corrected chi connectivity index (χ3v) is 3.71. The molecular formula is C19H34O2. The third kappa shape index (κ3) is 16.9. The van der Waals surface area contributed by atoms with Crippen molar-refractivity contribution in [2.45, 2.75) is 84.5 Å². The van der Waals surface area contributed by atoms with Crippen LogP contribution in [0.5, 0.6) is 0 Å². The maximum Gasteiger partial charge on any atom is 0.307 e. The van der Waals surface area contributed by atoms with Gasteiger partial charge in [0.05, 0.1) is 6.42 Å². The summed E-state index contributed by atoms with van der Waals surface area (Å²) in [6.45, 7) is 4.52. The van der Waals surface area contributed by atoms with Crippen LogP contribution in [0.4, 0.5) is 0 Å². The SMILES string of the molecule is CCCCCCCCCCC(C)C=CCC=CCC(=O)O. The molecule has 0 radical (unpaired) electrons. The van der Waals surface area contributed by atoms with E-state index in [0.29, 0.717) is 5.92 Å². The zero-order chi connectivity index (χ0) is 15.8. The van der Waals surface area contributed by atoms with Crippen molar-refractivity contribution in [2.75, 3.05) is 0 Å². The average Bonchev–Trinajstić information content (AvgIpc) is 2.45. The molecule has 0 aliphatic carbocycles. The Morgan fingerprint density at radius 2 is 1.57 bits per heavy atom. The van der Waals surface area contributed by atoms with Crippen molar-refractivity contribution in [3.05, 3.63) is 24.3 Å². The lowest BCUT2D eigenvalue weighted by molar-refractivity contribution is -0.136. The summed E-state index contributed by atoms with van der Waals surface area (Å²) in [6, 6.07) is 0. The van der Waals surface area contributed by atoms with E-state index in [0.717, 1.165) is 6.42 Å². The minimum atomic E-state index is -0.765. The number of hydrogen-bond donors (Lipinski definition) is 1. The zero-order valence-electron chi connectivity index (χ0n) is 14.0. The molecule has 0 aromatic carbocycles. The number of allylic oxidation sites excluding steroid dienone is 3. The standard InChI is InChI=1S/C19H34O2/c1-3-4-5-6-7-8-9-12-15-18(2)16-13-10-11-14-17-19(20)21/h11,13-14,16,18H,3-10,12,15,17H2,1-2H3,(H,20,21). The molecule has 122 valence electrons. The van der Waals surface area contributed by atoms with Crippen molar-refractivity contribution in [1.82, 2.24) is 0 Å². The van der Waals surface area contributed by atoms with Crippen LogP contribution in [0.15, 0.2) is 24.3 Å². The molecule has 0 saturated heterocycles. The Kier molecular flexibility index (Phi) is 14.6. The van der Waals surface area contributed by atoms with Crippen LogP contribution in [0.3, 0.4) is 0 Å². The van der Waals surface area contributed by atoms with Gasteiger partial charge in [0.15, 0.2) is 0 Å². The van der Waals surface area contributed by atoms with Gasteiger partial charge in [0, 0.05) is 0 Å². The number of aliphatic carboxylic acids is 1. The molecule has 0 amide bonds. The molecule has 0 saturated carbocycles. The smallest absolute Gasteiger partial charge is 0.307 e. The Hall–Kier alpha value is -1.05. The fraction of sp³-hybridized carbons (Fsp3) is 0.737. The monoisotopic (exact) mass is 294 g/mol. The van der Waals surface area contributed by atoms with Gasteiger partial charge in [-0.15, -0.1) is 0 Å². The van der Waals surface area contributed by atoms with Gasteiger partial charge < -0.3 is 5.11 Å². The summed E-state index contributed by atoms with van der Waals surface area (Å²) >= 11 is 0. The summed E-state index contributed by atoms with van der Waals surface area (Å²) < 4.78 is 0. The zero-order valence-corrected chi connectivity index (χ0v) is 14.0. The molecular weight excluding hydrogens is 260 g/mol. The van der Waals surface area contributed by atoms with Gasteiger partial charge in [0.2, 0.25) is 0 Å². The molecule has 0 aliphatic heterocycles. The van der Waals surface area contributed by atoms with Crippen molar-refractivity contribution < 1.29 is 9.90 Å².